The van der Waals surface area contributed by atoms with E-state index in [0.717, 1.165) is 0 Å². The number of aliphatic hydroxyl groups is 1. The molecule has 0 spiro atoms. The van der Waals surface area contributed by atoms with Gasteiger partial charge >= 0.3 is 5.97 Å². The molecule has 0 radical (unpaired) electrons. The molecular formula is C9H16O4. The van der Waals surface area contributed by atoms with E-state index < -0.39 is 24.0 Å². The molecule has 4 heteroatoms. The zero-order chi connectivity index (χ0) is 10.6. The second kappa shape index (κ2) is 4.97. The second-order valence-corrected chi connectivity index (χ2v) is 3.35. The van der Waals surface area contributed by atoms with Gasteiger partial charge in [0.1, 0.15) is 6.10 Å². The number of rotatable bonds is 4. The van der Waals surface area contributed by atoms with E-state index in [4.69, 9.17) is 9.84 Å². The lowest BCUT2D eigenvalue weighted by Gasteiger charge is -2.20. The second-order valence-electron chi connectivity index (χ2n) is 3.35. The average Bonchev–Trinajstić information content (AvgIpc) is 1.97. The highest BCUT2D eigenvalue weighted by atomic mass is 16.5. The minimum Gasteiger partial charge on any atom is -0.454 e. The molecule has 0 rings (SSSR count). The zero-order valence-corrected chi connectivity index (χ0v) is 8.40. The number of ketones is 1. The zero-order valence-electron chi connectivity index (χ0n) is 8.40. The molecule has 0 saturated heterocycles. The highest BCUT2D eigenvalue weighted by Crippen LogP contribution is 2.10. The topological polar surface area (TPSA) is 63.6 Å². The maximum atomic E-state index is 11.3. The van der Waals surface area contributed by atoms with Crippen LogP contribution < -0.4 is 0 Å². The summed E-state index contributed by atoms with van der Waals surface area (Å²) < 4.78 is 4.79. The summed E-state index contributed by atoms with van der Waals surface area (Å²) in [6, 6.07) is 0. The maximum Gasteiger partial charge on any atom is 0.303 e. The van der Waals surface area contributed by atoms with Crippen molar-refractivity contribution in [3.8, 4) is 0 Å². The number of esters is 1. The molecule has 0 saturated carbocycles. The van der Waals surface area contributed by atoms with Crippen LogP contribution in [0.2, 0.25) is 0 Å². The molecular weight excluding hydrogens is 172 g/mol. The molecule has 0 heterocycles. The molecule has 4 nitrogen and oxygen atoms in total. The summed E-state index contributed by atoms with van der Waals surface area (Å²) in [5.74, 6) is -1.08. The van der Waals surface area contributed by atoms with Gasteiger partial charge in [0, 0.05) is 6.92 Å². The van der Waals surface area contributed by atoms with Crippen molar-refractivity contribution in [1.29, 1.82) is 0 Å². The van der Waals surface area contributed by atoms with Crippen molar-refractivity contribution in [3.63, 3.8) is 0 Å². The van der Waals surface area contributed by atoms with E-state index in [1.807, 2.05) is 0 Å². The first-order valence-corrected chi connectivity index (χ1v) is 4.25. The van der Waals surface area contributed by atoms with Gasteiger partial charge in [-0.15, -0.1) is 0 Å². The molecule has 2 unspecified atom stereocenters. The summed E-state index contributed by atoms with van der Waals surface area (Å²) in [5.41, 5.74) is 0. The Morgan fingerprint density at radius 3 is 1.92 bits per heavy atom. The Labute approximate surface area is 77.9 Å². The van der Waals surface area contributed by atoms with Gasteiger partial charge in [0.15, 0.2) is 6.10 Å². The Kier molecular flexibility index (Phi) is 4.62. The average molecular weight is 188 g/mol. The molecule has 0 aliphatic rings. The van der Waals surface area contributed by atoms with Gasteiger partial charge in [-0.2, -0.15) is 0 Å². The minimum absolute atomic E-state index is 0.119. The van der Waals surface area contributed by atoms with Gasteiger partial charge in [0.25, 0.3) is 0 Å². The largest absolute Gasteiger partial charge is 0.454 e. The minimum atomic E-state index is -1.09. The van der Waals surface area contributed by atoms with Crippen LogP contribution in [-0.2, 0) is 14.3 Å². The summed E-state index contributed by atoms with van der Waals surface area (Å²) in [4.78, 5) is 21.9. The van der Waals surface area contributed by atoms with Gasteiger partial charge in [-0.25, -0.2) is 0 Å². The fourth-order valence-corrected chi connectivity index (χ4v) is 0.939. The summed E-state index contributed by atoms with van der Waals surface area (Å²) >= 11 is 0. The highest BCUT2D eigenvalue weighted by Gasteiger charge is 2.27. The Morgan fingerprint density at radius 2 is 1.69 bits per heavy atom. The first kappa shape index (κ1) is 12.1. The number of carbonyl (C=O) groups is 2. The lowest BCUT2D eigenvalue weighted by atomic mass is 10.00. The van der Waals surface area contributed by atoms with Crippen molar-refractivity contribution in [1.82, 2.24) is 0 Å². The number of Topliss-reactive ketones (excluding diaryl/α,β-unsaturated/α-hetero) is 1. The van der Waals surface area contributed by atoms with Gasteiger partial charge in [0.2, 0.25) is 5.78 Å². The smallest absolute Gasteiger partial charge is 0.303 e. The Balaban J connectivity index is 4.42. The molecule has 2 atom stereocenters. The van der Waals surface area contributed by atoms with E-state index in [-0.39, 0.29) is 5.92 Å². The monoisotopic (exact) mass is 188 g/mol. The van der Waals surface area contributed by atoms with Crippen molar-refractivity contribution >= 4 is 11.8 Å². The predicted molar refractivity (Wildman–Crippen MR) is 47.1 cm³/mol. The van der Waals surface area contributed by atoms with E-state index >= 15 is 0 Å². The van der Waals surface area contributed by atoms with Gasteiger partial charge in [-0.05, 0) is 12.8 Å². The highest BCUT2D eigenvalue weighted by molar-refractivity contribution is 5.88. The number of hydrogen-bond acceptors (Lipinski definition) is 4. The summed E-state index contributed by atoms with van der Waals surface area (Å²) in [7, 11) is 0. The summed E-state index contributed by atoms with van der Waals surface area (Å²) in [6.45, 7) is 6.12. The standard InChI is InChI=1S/C9H16O4/c1-5(2)9(13-7(4)11)8(12)6(3)10/h5-6,9-10H,1-4H3. The van der Waals surface area contributed by atoms with Crippen molar-refractivity contribution < 1.29 is 19.4 Å². The van der Waals surface area contributed by atoms with Crippen LogP contribution in [-0.4, -0.2) is 29.1 Å². The van der Waals surface area contributed by atoms with Gasteiger partial charge in [-0.1, -0.05) is 13.8 Å². The van der Waals surface area contributed by atoms with Crippen LogP contribution in [0.5, 0.6) is 0 Å². The molecule has 0 aliphatic heterocycles. The van der Waals surface area contributed by atoms with Gasteiger partial charge in [-0.3, -0.25) is 9.59 Å². The molecule has 1 N–H and O–H groups in total. The van der Waals surface area contributed by atoms with Crippen LogP contribution in [0.15, 0.2) is 0 Å². The van der Waals surface area contributed by atoms with Crippen LogP contribution >= 0.6 is 0 Å². The van der Waals surface area contributed by atoms with Crippen LogP contribution in [0.1, 0.15) is 27.7 Å². The van der Waals surface area contributed by atoms with Crippen molar-refractivity contribution in [3.05, 3.63) is 0 Å². The first-order chi connectivity index (χ1) is 5.86. The van der Waals surface area contributed by atoms with E-state index in [2.05, 4.69) is 0 Å². The molecule has 0 amide bonds. The maximum absolute atomic E-state index is 11.3. The third kappa shape index (κ3) is 4.03. The third-order valence-electron chi connectivity index (χ3n) is 1.59. The van der Waals surface area contributed by atoms with Crippen LogP contribution in [0.3, 0.4) is 0 Å². The van der Waals surface area contributed by atoms with Crippen molar-refractivity contribution in [2.45, 2.75) is 39.9 Å². The Bertz CT molecular complexity index is 196. The number of hydrogen-bond donors (Lipinski definition) is 1. The lowest BCUT2D eigenvalue weighted by Crippen LogP contribution is -2.37. The quantitative estimate of drug-likeness (QED) is 0.653. The van der Waals surface area contributed by atoms with Crippen LogP contribution in [0, 0.1) is 5.92 Å². The first-order valence-electron chi connectivity index (χ1n) is 4.25. The summed E-state index contributed by atoms with van der Waals surface area (Å²) in [6.07, 6.45) is -1.93. The van der Waals surface area contributed by atoms with E-state index in [0.29, 0.717) is 0 Å². The van der Waals surface area contributed by atoms with E-state index in [1.54, 1.807) is 13.8 Å². The third-order valence-corrected chi connectivity index (χ3v) is 1.59. The van der Waals surface area contributed by atoms with Crippen molar-refractivity contribution in [2.75, 3.05) is 0 Å². The fraction of sp³-hybridized carbons (Fsp3) is 0.778. The Morgan fingerprint density at radius 1 is 1.23 bits per heavy atom. The lowest BCUT2D eigenvalue weighted by molar-refractivity contribution is -0.158. The number of ether oxygens (including phenoxy) is 1. The van der Waals surface area contributed by atoms with E-state index in [9.17, 15) is 9.59 Å². The van der Waals surface area contributed by atoms with Crippen LogP contribution in [0.25, 0.3) is 0 Å². The normalized spacial score (nSPS) is 15.2. The van der Waals surface area contributed by atoms with E-state index in [1.165, 1.54) is 13.8 Å². The summed E-state index contributed by atoms with van der Waals surface area (Å²) in [5, 5.41) is 9.01. The molecule has 76 valence electrons. The molecule has 0 aromatic heterocycles. The fourth-order valence-electron chi connectivity index (χ4n) is 0.939. The molecule has 0 aromatic carbocycles. The number of carbonyl (C=O) groups excluding carboxylic acids is 2. The number of aliphatic hydroxyl groups excluding tert-OH is 1. The van der Waals surface area contributed by atoms with Crippen LogP contribution in [0.4, 0.5) is 0 Å². The SMILES string of the molecule is CC(=O)OC(C(=O)C(C)O)C(C)C. The molecule has 0 aliphatic carbocycles. The predicted octanol–water partition coefficient (Wildman–Crippen LogP) is 0.524. The van der Waals surface area contributed by atoms with Gasteiger partial charge < -0.3 is 9.84 Å². The van der Waals surface area contributed by atoms with Crippen molar-refractivity contribution in [2.24, 2.45) is 5.92 Å². The molecule has 0 fully saturated rings. The van der Waals surface area contributed by atoms with Gasteiger partial charge in [0.05, 0.1) is 0 Å². The Hall–Kier alpha value is -0.900. The molecule has 0 aromatic rings. The molecule has 0 bridgehead atoms. The molecule has 13 heavy (non-hydrogen) atoms.